The molecule has 20 heavy (non-hydrogen) atoms. The minimum Gasteiger partial charge on any atom is -0.468 e. The van der Waals surface area contributed by atoms with E-state index in [1.165, 1.54) is 12.0 Å². The van der Waals surface area contributed by atoms with Crippen LogP contribution in [0.2, 0.25) is 0 Å². The van der Waals surface area contributed by atoms with Gasteiger partial charge in [0.2, 0.25) is 0 Å². The molecule has 1 aliphatic heterocycles. The molecule has 1 heterocycles. The molecule has 0 aromatic heterocycles. The first kappa shape index (κ1) is 16.3. The number of hydrogen-bond acceptors (Lipinski definition) is 4. The smallest absolute Gasteiger partial charge is 0.410 e. The molecule has 1 saturated heterocycles. The number of nitrogens with zero attached hydrogens (tertiary/aromatic N) is 2. The van der Waals surface area contributed by atoms with Crippen molar-refractivity contribution in [2.24, 2.45) is 10.7 Å². The molecule has 0 aromatic carbocycles. The molecule has 0 radical (unpaired) electrons. The second-order valence-electron chi connectivity index (χ2n) is 5.68. The summed E-state index contributed by atoms with van der Waals surface area (Å²) in [6.07, 6.45) is 1.75. The van der Waals surface area contributed by atoms with Crippen LogP contribution in [0.4, 0.5) is 4.79 Å². The largest absolute Gasteiger partial charge is 0.468 e. The second-order valence-corrected chi connectivity index (χ2v) is 5.68. The fraction of sp³-hybridized carbons (Fsp3) is 0.769. The highest BCUT2D eigenvalue weighted by Gasteiger charge is 2.34. The number of carbonyl (C=O) groups is 2. The molecule has 7 heteroatoms. The number of methoxy groups -OCH3 is 1. The van der Waals surface area contributed by atoms with E-state index in [0.717, 1.165) is 12.8 Å². The zero-order chi connectivity index (χ0) is 15.3. The van der Waals surface area contributed by atoms with Crippen molar-refractivity contribution < 1.29 is 19.1 Å². The highest BCUT2D eigenvalue weighted by molar-refractivity contribution is 5.94. The number of ether oxygens (including phenoxy) is 2. The monoisotopic (exact) mass is 285 g/mol. The van der Waals surface area contributed by atoms with Crippen LogP contribution >= 0.6 is 0 Å². The van der Waals surface area contributed by atoms with Crippen molar-refractivity contribution in [1.82, 2.24) is 4.90 Å². The molecule has 1 fully saturated rings. The summed E-state index contributed by atoms with van der Waals surface area (Å²) >= 11 is 0. The molecule has 7 nitrogen and oxygen atoms in total. The summed E-state index contributed by atoms with van der Waals surface area (Å²) in [4.78, 5) is 29.2. The molecule has 1 rings (SSSR count). The third-order valence-electron chi connectivity index (χ3n) is 2.85. The maximum absolute atomic E-state index is 12.1. The number of rotatable bonds is 1. The van der Waals surface area contributed by atoms with E-state index in [2.05, 4.69) is 9.73 Å². The van der Waals surface area contributed by atoms with Gasteiger partial charge in [0.05, 0.1) is 7.11 Å². The number of amides is 2. The van der Waals surface area contributed by atoms with Gasteiger partial charge in [-0.2, -0.15) is 4.99 Å². The molecule has 0 bridgehead atoms. The fourth-order valence-electron chi connectivity index (χ4n) is 1.96. The van der Waals surface area contributed by atoms with Gasteiger partial charge in [-0.25, -0.2) is 4.79 Å². The van der Waals surface area contributed by atoms with Crippen LogP contribution in [0, 0.1) is 0 Å². The van der Waals surface area contributed by atoms with Crippen molar-refractivity contribution in [3.8, 4) is 0 Å². The zero-order valence-corrected chi connectivity index (χ0v) is 12.5. The van der Waals surface area contributed by atoms with Gasteiger partial charge in [-0.05, 0) is 40.0 Å². The minimum atomic E-state index is -0.632. The molecule has 2 amide bonds. The van der Waals surface area contributed by atoms with E-state index in [9.17, 15) is 9.59 Å². The van der Waals surface area contributed by atoms with Crippen LogP contribution in [-0.4, -0.2) is 48.2 Å². The van der Waals surface area contributed by atoms with Gasteiger partial charge in [-0.1, -0.05) is 0 Å². The Hall–Kier alpha value is -1.79. The van der Waals surface area contributed by atoms with Crippen LogP contribution in [0.15, 0.2) is 4.99 Å². The summed E-state index contributed by atoms with van der Waals surface area (Å²) < 4.78 is 9.97. The van der Waals surface area contributed by atoms with Crippen molar-refractivity contribution in [2.75, 3.05) is 13.7 Å². The molecule has 1 atom stereocenters. The van der Waals surface area contributed by atoms with Crippen LogP contribution in [-0.2, 0) is 14.3 Å². The molecular weight excluding hydrogens is 262 g/mol. The van der Waals surface area contributed by atoms with E-state index in [0.29, 0.717) is 13.0 Å². The van der Waals surface area contributed by atoms with Crippen molar-refractivity contribution in [2.45, 2.75) is 51.7 Å². The summed E-state index contributed by atoms with van der Waals surface area (Å²) in [6, 6.07) is -0.836. The third-order valence-corrected chi connectivity index (χ3v) is 2.85. The number of aliphatic imine (C=N–C) groups is 1. The average molecular weight is 285 g/mol. The Morgan fingerprint density at radius 1 is 1.30 bits per heavy atom. The van der Waals surface area contributed by atoms with Crippen molar-refractivity contribution in [3.63, 3.8) is 0 Å². The number of carbonyl (C=O) groups excluding carboxylic acids is 2. The summed E-state index contributed by atoms with van der Waals surface area (Å²) in [7, 11) is 1.33. The Balaban J connectivity index is 2.81. The Kier molecular flexibility index (Phi) is 5.35. The topological polar surface area (TPSA) is 94.2 Å². The minimum absolute atomic E-state index is 0.204. The lowest BCUT2D eigenvalue weighted by molar-refractivity contribution is -0.124. The number of nitrogens with two attached hydrogens (primary N) is 1. The molecule has 0 spiro atoms. The highest BCUT2D eigenvalue weighted by Crippen LogP contribution is 2.21. The Bertz CT molecular complexity index is 401. The van der Waals surface area contributed by atoms with Gasteiger partial charge in [0, 0.05) is 6.54 Å². The number of amidine groups is 1. The van der Waals surface area contributed by atoms with Gasteiger partial charge in [0.25, 0.3) is 11.9 Å². The predicted octanol–water partition coefficient (Wildman–Crippen LogP) is 1.26. The van der Waals surface area contributed by atoms with Crippen LogP contribution < -0.4 is 5.73 Å². The maximum atomic E-state index is 12.1. The standard InChI is InChI=1S/C13H23N3O4/c1-13(2,3)20-12(18)16-8-6-5-7-9(16)10(17)15-11(14)19-4/h9H,5-8H2,1-4H3,(H2,14,15,17). The summed E-state index contributed by atoms with van der Waals surface area (Å²) in [6.45, 7) is 5.83. The fourth-order valence-corrected chi connectivity index (χ4v) is 1.96. The first-order valence-electron chi connectivity index (χ1n) is 6.66. The third kappa shape index (κ3) is 4.71. The Morgan fingerprint density at radius 2 is 1.95 bits per heavy atom. The second kappa shape index (κ2) is 6.58. The van der Waals surface area contributed by atoms with Gasteiger partial charge in [0.1, 0.15) is 11.6 Å². The SMILES string of the molecule is COC(N)=NC(=O)C1CCCCN1C(=O)OC(C)(C)C. The van der Waals surface area contributed by atoms with Crippen LogP contribution in [0.1, 0.15) is 40.0 Å². The molecule has 0 aliphatic carbocycles. The van der Waals surface area contributed by atoms with Gasteiger partial charge in [-0.15, -0.1) is 0 Å². The van der Waals surface area contributed by atoms with E-state index in [4.69, 9.17) is 10.5 Å². The molecule has 2 N–H and O–H groups in total. The number of likely N-dealkylation sites (tertiary alicyclic amines) is 1. The lowest BCUT2D eigenvalue weighted by Gasteiger charge is -2.34. The first-order valence-corrected chi connectivity index (χ1v) is 6.66. The van der Waals surface area contributed by atoms with Crippen molar-refractivity contribution in [3.05, 3.63) is 0 Å². The van der Waals surface area contributed by atoms with E-state index in [1.807, 2.05) is 0 Å². The Morgan fingerprint density at radius 3 is 2.50 bits per heavy atom. The Labute approximate surface area is 119 Å². The summed E-state index contributed by atoms with van der Waals surface area (Å²) in [5.74, 6) is -0.477. The molecule has 1 aliphatic rings. The van der Waals surface area contributed by atoms with Gasteiger partial charge in [0.15, 0.2) is 0 Å². The average Bonchev–Trinajstić information content (AvgIpc) is 2.36. The van der Waals surface area contributed by atoms with Crippen molar-refractivity contribution in [1.29, 1.82) is 0 Å². The highest BCUT2D eigenvalue weighted by atomic mass is 16.6. The number of hydrogen-bond donors (Lipinski definition) is 1. The summed E-state index contributed by atoms with van der Waals surface area (Å²) in [5.41, 5.74) is 4.78. The molecule has 0 saturated carbocycles. The molecular formula is C13H23N3O4. The van der Waals surface area contributed by atoms with Gasteiger partial charge in [-0.3, -0.25) is 9.69 Å². The molecule has 0 aromatic rings. The van der Waals surface area contributed by atoms with E-state index in [-0.39, 0.29) is 6.02 Å². The quantitative estimate of drug-likeness (QED) is 0.578. The van der Waals surface area contributed by atoms with E-state index >= 15 is 0 Å². The van der Waals surface area contributed by atoms with Crippen LogP contribution in [0.5, 0.6) is 0 Å². The normalized spacial score (nSPS) is 20.5. The zero-order valence-electron chi connectivity index (χ0n) is 12.5. The first-order chi connectivity index (χ1) is 9.24. The van der Waals surface area contributed by atoms with E-state index in [1.54, 1.807) is 20.8 Å². The summed E-state index contributed by atoms with van der Waals surface area (Å²) in [5, 5.41) is 0. The van der Waals surface area contributed by atoms with Gasteiger partial charge >= 0.3 is 6.09 Å². The molecule has 114 valence electrons. The lowest BCUT2D eigenvalue weighted by atomic mass is 10.0. The van der Waals surface area contributed by atoms with Gasteiger partial charge < -0.3 is 15.2 Å². The van der Waals surface area contributed by atoms with Crippen molar-refractivity contribution >= 4 is 18.0 Å². The van der Waals surface area contributed by atoms with Crippen LogP contribution in [0.25, 0.3) is 0 Å². The lowest BCUT2D eigenvalue weighted by Crippen LogP contribution is -2.49. The van der Waals surface area contributed by atoms with E-state index < -0.39 is 23.6 Å². The van der Waals surface area contributed by atoms with Crippen LogP contribution in [0.3, 0.4) is 0 Å². The predicted molar refractivity (Wildman–Crippen MR) is 74.2 cm³/mol. The molecule has 1 unspecified atom stereocenters. The maximum Gasteiger partial charge on any atom is 0.410 e. The number of piperidine rings is 1.